The topological polar surface area (TPSA) is 72.5 Å². The van der Waals surface area contributed by atoms with E-state index in [2.05, 4.69) is 5.32 Å². The molecule has 0 saturated carbocycles. The first-order valence-corrected chi connectivity index (χ1v) is 9.59. The van der Waals surface area contributed by atoms with Gasteiger partial charge < -0.3 is 10.1 Å². The number of carbonyl (C=O) groups is 1. The summed E-state index contributed by atoms with van der Waals surface area (Å²) in [5.74, 6) is 0.424. The normalized spacial score (nSPS) is 12.6. The number of amides is 1. The lowest BCUT2D eigenvalue weighted by Gasteiger charge is -2.17. The predicted molar refractivity (Wildman–Crippen MR) is 90.5 cm³/mol. The summed E-state index contributed by atoms with van der Waals surface area (Å²) in [6, 6.07) is 9.85. The van der Waals surface area contributed by atoms with E-state index in [0.29, 0.717) is 17.0 Å². The second-order valence-electron chi connectivity index (χ2n) is 4.88. The third-order valence-electron chi connectivity index (χ3n) is 3.43. The number of carbonyl (C=O) groups excluding carboxylic acids is 1. The van der Waals surface area contributed by atoms with Crippen molar-refractivity contribution in [3.8, 4) is 5.75 Å². The molecule has 124 valence electrons. The molecule has 2 aromatic rings. The lowest BCUT2D eigenvalue weighted by Crippen LogP contribution is -2.31. The molecule has 0 aliphatic carbocycles. The van der Waals surface area contributed by atoms with Crippen LogP contribution in [0.25, 0.3) is 0 Å². The second-order valence-corrected chi connectivity index (χ2v) is 7.99. The summed E-state index contributed by atoms with van der Waals surface area (Å²) in [5, 5.41) is 3.71. The first kappa shape index (κ1) is 17.5. The van der Waals surface area contributed by atoms with Crippen molar-refractivity contribution in [3.05, 3.63) is 46.7 Å². The van der Waals surface area contributed by atoms with Crippen molar-refractivity contribution in [1.29, 1.82) is 0 Å². The molecule has 5 nitrogen and oxygen atoms in total. The van der Waals surface area contributed by atoms with Crippen molar-refractivity contribution < 1.29 is 17.9 Å². The van der Waals surface area contributed by atoms with Crippen LogP contribution in [-0.4, -0.2) is 28.0 Å². The van der Waals surface area contributed by atoms with Crippen LogP contribution in [0.15, 0.2) is 46.7 Å². The minimum absolute atomic E-state index is 0.0571. The number of ether oxygens (including phenoxy) is 1. The molecule has 23 heavy (non-hydrogen) atoms. The van der Waals surface area contributed by atoms with Crippen LogP contribution < -0.4 is 10.1 Å². The Bertz CT molecular complexity index is 737. The number of rotatable bonds is 7. The summed E-state index contributed by atoms with van der Waals surface area (Å²) in [5.41, 5.74) is 0. The molecule has 0 radical (unpaired) electrons. The predicted octanol–water partition coefficient (Wildman–Crippen LogP) is 2.80. The summed E-state index contributed by atoms with van der Waals surface area (Å²) in [7, 11) is -2.09. The van der Waals surface area contributed by atoms with Gasteiger partial charge >= 0.3 is 0 Å². The lowest BCUT2D eigenvalue weighted by atomic mass is 10.3. The molecule has 1 aromatic heterocycles. The fourth-order valence-corrected chi connectivity index (χ4v) is 4.88. The van der Waals surface area contributed by atoms with E-state index in [-0.39, 0.29) is 17.3 Å². The van der Waals surface area contributed by atoms with Gasteiger partial charge in [0.2, 0.25) is 5.91 Å². The van der Waals surface area contributed by atoms with Crippen LogP contribution in [0.3, 0.4) is 0 Å². The third-order valence-corrected chi connectivity index (χ3v) is 6.66. The average Bonchev–Trinajstić information content (AvgIpc) is 3.08. The van der Waals surface area contributed by atoms with E-state index >= 15 is 0 Å². The summed E-state index contributed by atoms with van der Waals surface area (Å²) >= 11 is 1.36. The Morgan fingerprint density at radius 1 is 1.26 bits per heavy atom. The molecule has 1 atom stereocenters. The van der Waals surface area contributed by atoms with Gasteiger partial charge in [-0.2, -0.15) is 0 Å². The molecule has 1 amide bonds. The molecule has 0 fully saturated rings. The van der Waals surface area contributed by atoms with Gasteiger partial charge in [0.1, 0.15) is 11.0 Å². The molecular formula is C16H19NO4S2. The maximum Gasteiger partial charge on any atom is 0.219 e. The van der Waals surface area contributed by atoms with Gasteiger partial charge in [0.05, 0.1) is 12.0 Å². The van der Waals surface area contributed by atoms with Gasteiger partial charge in [0, 0.05) is 17.8 Å². The zero-order valence-corrected chi connectivity index (χ0v) is 14.6. The lowest BCUT2D eigenvalue weighted by molar-refractivity contribution is -0.120. The molecule has 1 N–H and O–H groups in total. The van der Waals surface area contributed by atoms with E-state index in [4.69, 9.17) is 4.74 Å². The molecule has 0 bridgehead atoms. The van der Waals surface area contributed by atoms with Gasteiger partial charge in [0.25, 0.3) is 0 Å². The summed E-state index contributed by atoms with van der Waals surface area (Å²) in [6.45, 7) is 1.79. The van der Waals surface area contributed by atoms with Crippen LogP contribution in [0, 0.1) is 0 Å². The second kappa shape index (κ2) is 7.61. The van der Waals surface area contributed by atoms with E-state index in [1.807, 2.05) is 5.38 Å². The highest BCUT2D eigenvalue weighted by atomic mass is 32.2. The number of methoxy groups -OCH3 is 1. The van der Waals surface area contributed by atoms with E-state index in [1.54, 1.807) is 31.2 Å². The van der Waals surface area contributed by atoms with Crippen molar-refractivity contribution in [2.24, 2.45) is 0 Å². The third kappa shape index (κ3) is 4.11. The zero-order valence-electron chi connectivity index (χ0n) is 13.0. The molecule has 2 rings (SSSR count). The van der Waals surface area contributed by atoms with Crippen molar-refractivity contribution >= 4 is 27.1 Å². The van der Waals surface area contributed by atoms with Crippen molar-refractivity contribution in [2.75, 3.05) is 13.7 Å². The Kier molecular flexibility index (Phi) is 5.79. The highest BCUT2D eigenvalue weighted by molar-refractivity contribution is 7.91. The number of hydrogen-bond acceptors (Lipinski definition) is 5. The maximum atomic E-state index is 12.9. The van der Waals surface area contributed by atoms with Crippen LogP contribution >= 0.6 is 11.3 Å². The minimum atomic E-state index is -3.61. The Morgan fingerprint density at radius 3 is 2.48 bits per heavy atom. The SMILES string of the molecule is CCC(=O)NCC(c1cccs1)S(=O)(=O)c1ccc(OC)cc1. The van der Waals surface area contributed by atoms with E-state index in [9.17, 15) is 13.2 Å². The van der Waals surface area contributed by atoms with Gasteiger partial charge in [-0.1, -0.05) is 13.0 Å². The molecule has 0 aliphatic heterocycles. The van der Waals surface area contributed by atoms with Crippen LogP contribution in [0.1, 0.15) is 23.5 Å². The zero-order chi connectivity index (χ0) is 16.9. The average molecular weight is 353 g/mol. The monoisotopic (exact) mass is 353 g/mol. The van der Waals surface area contributed by atoms with Crippen LogP contribution in [0.2, 0.25) is 0 Å². The van der Waals surface area contributed by atoms with Gasteiger partial charge in [-0.05, 0) is 35.7 Å². The molecule has 0 spiro atoms. The highest BCUT2D eigenvalue weighted by Crippen LogP contribution is 2.32. The first-order chi connectivity index (χ1) is 11.0. The van der Waals surface area contributed by atoms with Crippen LogP contribution in [-0.2, 0) is 14.6 Å². The Labute approximate surface area is 140 Å². The molecular weight excluding hydrogens is 334 g/mol. The first-order valence-electron chi connectivity index (χ1n) is 7.17. The largest absolute Gasteiger partial charge is 0.497 e. The number of thiophene rings is 1. The molecule has 0 aliphatic rings. The smallest absolute Gasteiger partial charge is 0.219 e. The number of nitrogens with one attached hydrogen (secondary N) is 1. The fourth-order valence-electron chi connectivity index (χ4n) is 2.10. The quantitative estimate of drug-likeness (QED) is 0.831. The standard InChI is InChI=1S/C16H19NO4S2/c1-3-16(18)17-11-15(14-5-4-10-22-14)23(19,20)13-8-6-12(21-2)7-9-13/h4-10,15H,3,11H2,1-2H3,(H,17,18). The molecule has 1 heterocycles. The summed E-state index contributed by atoms with van der Waals surface area (Å²) in [6.07, 6.45) is 0.319. The van der Waals surface area contributed by atoms with Gasteiger partial charge in [-0.15, -0.1) is 11.3 Å². The summed E-state index contributed by atoms with van der Waals surface area (Å²) < 4.78 is 30.9. The maximum absolute atomic E-state index is 12.9. The van der Waals surface area contributed by atoms with Crippen LogP contribution in [0.5, 0.6) is 5.75 Å². The Morgan fingerprint density at radius 2 is 1.96 bits per heavy atom. The fraction of sp³-hybridized carbons (Fsp3) is 0.312. The molecule has 1 unspecified atom stereocenters. The van der Waals surface area contributed by atoms with Crippen molar-refractivity contribution in [2.45, 2.75) is 23.5 Å². The number of hydrogen-bond donors (Lipinski definition) is 1. The summed E-state index contributed by atoms with van der Waals surface area (Å²) in [4.78, 5) is 12.4. The number of sulfone groups is 1. The minimum Gasteiger partial charge on any atom is -0.497 e. The van der Waals surface area contributed by atoms with E-state index in [1.165, 1.54) is 30.6 Å². The highest BCUT2D eigenvalue weighted by Gasteiger charge is 2.30. The van der Waals surface area contributed by atoms with Gasteiger partial charge in [-0.25, -0.2) is 8.42 Å². The van der Waals surface area contributed by atoms with Crippen molar-refractivity contribution in [1.82, 2.24) is 5.32 Å². The van der Waals surface area contributed by atoms with E-state index < -0.39 is 15.1 Å². The Balaban J connectivity index is 2.33. The van der Waals surface area contributed by atoms with E-state index in [0.717, 1.165) is 0 Å². The molecule has 0 saturated heterocycles. The number of benzene rings is 1. The molecule has 1 aromatic carbocycles. The Hall–Kier alpha value is -1.86. The van der Waals surface area contributed by atoms with Gasteiger partial charge in [-0.3, -0.25) is 4.79 Å². The van der Waals surface area contributed by atoms with Crippen molar-refractivity contribution in [3.63, 3.8) is 0 Å². The van der Waals surface area contributed by atoms with Gasteiger partial charge in [0.15, 0.2) is 9.84 Å². The van der Waals surface area contributed by atoms with Crippen LogP contribution in [0.4, 0.5) is 0 Å². The molecule has 7 heteroatoms.